The summed E-state index contributed by atoms with van der Waals surface area (Å²) in [4.78, 5) is 25.7. The number of thioether (sulfide) groups is 1. The SMILES string of the molecule is O=C(CSc1nnc(NC2CC2)s1)Nc1ccc(N2CCCC2=O)cc1. The third kappa shape index (κ3) is 4.34. The van der Waals surface area contributed by atoms with E-state index < -0.39 is 0 Å². The number of carbonyl (C=O) groups excluding carboxylic acids is 2. The summed E-state index contributed by atoms with van der Waals surface area (Å²) in [6.07, 6.45) is 3.89. The van der Waals surface area contributed by atoms with E-state index in [0.29, 0.717) is 12.5 Å². The van der Waals surface area contributed by atoms with Crippen LogP contribution in [0, 0.1) is 0 Å². The first-order valence-electron chi connectivity index (χ1n) is 8.60. The molecule has 4 rings (SSSR count). The van der Waals surface area contributed by atoms with Crippen LogP contribution in [-0.4, -0.2) is 40.4 Å². The van der Waals surface area contributed by atoms with Gasteiger partial charge in [0.1, 0.15) is 0 Å². The maximum Gasteiger partial charge on any atom is 0.234 e. The number of anilines is 3. The summed E-state index contributed by atoms with van der Waals surface area (Å²) in [5, 5.41) is 15.2. The maximum atomic E-state index is 12.1. The average Bonchev–Trinajstić information content (AvgIpc) is 3.16. The second-order valence-electron chi connectivity index (χ2n) is 6.32. The first kappa shape index (κ1) is 17.3. The van der Waals surface area contributed by atoms with Gasteiger partial charge in [-0.2, -0.15) is 0 Å². The summed E-state index contributed by atoms with van der Waals surface area (Å²) < 4.78 is 0.784. The number of carbonyl (C=O) groups is 2. The van der Waals surface area contributed by atoms with Gasteiger partial charge in [-0.15, -0.1) is 10.2 Å². The fourth-order valence-electron chi connectivity index (χ4n) is 2.70. The van der Waals surface area contributed by atoms with E-state index in [1.807, 2.05) is 24.3 Å². The highest BCUT2D eigenvalue weighted by Gasteiger charge is 2.23. The van der Waals surface area contributed by atoms with E-state index >= 15 is 0 Å². The van der Waals surface area contributed by atoms with E-state index in [-0.39, 0.29) is 17.6 Å². The van der Waals surface area contributed by atoms with Gasteiger partial charge >= 0.3 is 0 Å². The predicted molar refractivity (Wildman–Crippen MR) is 104 cm³/mol. The summed E-state index contributed by atoms with van der Waals surface area (Å²) in [7, 11) is 0. The first-order chi connectivity index (χ1) is 12.7. The fraction of sp³-hybridized carbons (Fsp3) is 0.412. The van der Waals surface area contributed by atoms with Gasteiger partial charge in [0.2, 0.25) is 16.9 Å². The van der Waals surface area contributed by atoms with Crippen LogP contribution in [0.25, 0.3) is 0 Å². The number of nitrogens with one attached hydrogen (secondary N) is 2. The Kier molecular flexibility index (Phi) is 5.07. The van der Waals surface area contributed by atoms with Crippen molar-refractivity contribution < 1.29 is 9.59 Å². The fourth-order valence-corrected chi connectivity index (χ4v) is 4.33. The quantitative estimate of drug-likeness (QED) is 0.708. The van der Waals surface area contributed by atoms with Crippen molar-refractivity contribution in [2.45, 2.75) is 36.1 Å². The van der Waals surface area contributed by atoms with E-state index in [0.717, 1.165) is 33.8 Å². The number of nitrogens with zero attached hydrogens (tertiary/aromatic N) is 3. The zero-order chi connectivity index (χ0) is 17.9. The van der Waals surface area contributed by atoms with E-state index in [2.05, 4.69) is 20.8 Å². The molecule has 1 saturated carbocycles. The molecule has 0 bridgehead atoms. The Morgan fingerprint density at radius 3 is 2.77 bits per heavy atom. The van der Waals surface area contributed by atoms with Gasteiger partial charge in [-0.1, -0.05) is 23.1 Å². The Hall–Kier alpha value is -2.13. The van der Waals surface area contributed by atoms with Crippen LogP contribution in [0.5, 0.6) is 0 Å². The summed E-state index contributed by atoms with van der Waals surface area (Å²) in [6, 6.07) is 7.93. The van der Waals surface area contributed by atoms with Crippen LogP contribution in [0.15, 0.2) is 28.6 Å². The monoisotopic (exact) mass is 389 g/mol. The lowest BCUT2D eigenvalue weighted by molar-refractivity contribution is -0.117. The predicted octanol–water partition coefficient (Wildman–Crippen LogP) is 2.97. The first-order valence-corrected chi connectivity index (χ1v) is 10.4. The normalized spacial score (nSPS) is 16.8. The molecule has 26 heavy (non-hydrogen) atoms. The lowest BCUT2D eigenvalue weighted by Crippen LogP contribution is -2.23. The zero-order valence-electron chi connectivity index (χ0n) is 14.1. The third-order valence-electron chi connectivity index (χ3n) is 4.17. The number of aromatic nitrogens is 2. The molecule has 2 N–H and O–H groups in total. The van der Waals surface area contributed by atoms with Gasteiger partial charge in [-0.25, -0.2) is 0 Å². The van der Waals surface area contributed by atoms with Crippen LogP contribution in [0.2, 0.25) is 0 Å². The minimum atomic E-state index is -0.0908. The summed E-state index contributed by atoms with van der Waals surface area (Å²) >= 11 is 2.86. The largest absolute Gasteiger partial charge is 0.357 e. The maximum absolute atomic E-state index is 12.1. The molecule has 1 aliphatic heterocycles. The number of amides is 2. The molecule has 1 aliphatic carbocycles. The molecule has 136 valence electrons. The van der Waals surface area contributed by atoms with Crippen molar-refractivity contribution >= 4 is 51.4 Å². The van der Waals surface area contributed by atoms with Crippen LogP contribution in [0.4, 0.5) is 16.5 Å². The minimum Gasteiger partial charge on any atom is -0.357 e. The lowest BCUT2D eigenvalue weighted by atomic mass is 10.2. The van der Waals surface area contributed by atoms with Crippen molar-refractivity contribution in [3.8, 4) is 0 Å². The van der Waals surface area contributed by atoms with Gasteiger partial charge in [0.05, 0.1) is 5.75 Å². The standard InChI is InChI=1S/C17H19N5O2S2/c23-14(10-25-17-21-20-16(26-17)19-12-3-4-12)18-11-5-7-13(8-6-11)22-9-1-2-15(22)24/h5-8,12H,1-4,9-10H2,(H,18,23)(H,19,20). The molecule has 2 amide bonds. The molecular weight excluding hydrogens is 370 g/mol. The number of benzene rings is 1. The van der Waals surface area contributed by atoms with Gasteiger partial charge in [0, 0.05) is 30.4 Å². The Bertz CT molecular complexity index is 804. The Morgan fingerprint density at radius 2 is 2.08 bits per heavy atom. The van der Waals surface area contributed by atoms with Crippen molar-refractivity contribution in [3.63, 3.8) is 0 Å². The molecule has 0 spiro atoms. The van der Waals surface area contributed by atoms with Gasteiger partial charge in [0.25, 0.3) is 0 Å². The van der Waals surface area contributed by atoms with Crippen LogP contribution in [0.1, 0.15) is 25.7 Å². The second-order valence-corrected chi connectivity index (χ2v) is 8.52. The van der Waals surface area contributed by atoms with Crippen LogP contribution in [0.3, 0.4) is 0 Å². The van der Waals surface area contributed by atoms with E-state index in [1.54, 1.807) is 4.90 Å². The number of hydrogen-bond donors (Lipinski definition) is 2. The van der Waals surface area contributed by atoms with Gasteiger partial charge in [-0.3, -0.25) is 9.59 Å². The zero-order valence-corrected chi connectivity index (χ0v) is 15.7. The molecule has 7 nitrogen and oxygen atoms in total. The van der Waals surface area contributed by atoms with Crippen LogP contribution >= 0.6 is 23.1 Å². The summed E-state index contributed by atoms with van der Waals surface area (Å²) in [5.41, 5.74) is 1.60. The second kappa shape index (κ2) is 7.63. The molecule has 2 heterocycles. The summed E-state index contributed by atoms with van der Waals surface area (Å²) in [5.74, 6) is 0.349. The number of rotatable bonds is 7. The molecule has 2 aromatic rings. The van der Waals surface area contributed by atoms with Crippen molar-refractivity contribution in [1.82, 2.24) is 10.2 Å². The molecule has 9 heteroatoms. The minimum absolute atomic E-state index is 0.0908. The molecule has 1 aromatic heterocycles. The molecular formula is C17H19N5O2S2. The molecule has 1 aromatic carbocycles. The lowest BCUT2D eigenvalue weighted by Gasteiger charge is -2.16. The topological polar surface area (TPSA) is 87.2 Å². The smallest absolute Gasteiger partial charge is 0.234 e. The number of hydrogen-bond acceptors (Lipinski definition) is 7. The van der Waals surface area contributed by atoms with Crippen molar-refractivity contribution in [2.24, 2.45) is 0 Å². The van der Waals surface area contributed by atoms with Crippen molar-refractivity contribution in [1.29, 1.82) is 0 Å². The van der Waals surface area contributed by atoms with E-state index in [4.69, 9.17) is 0 Å². The molecule has 2 aliphatic rings. The van der Waals surface area contributed by atoms with Crippen molar-refractivity contribution in [3.05, 3.63) is 24.3 Å². The van der Waals surface area contributed by atoms with Crippen LogP contribution < -0.4 is 15.5 Å². The Balaban J connectivity index is 1.26. The van der Waals surface area contributed by atoms with Crippen molar-refractivity contribution in [2.75, 3.05) is 27.8 Å². The highest BCUT2D eigenvalue weighted by atomic mass is 32.2. The van der Waals surface area contributed by atoms with Gasteiger partial charge in [-0.05, 0) is 43.5 Å². The Morgan fingerprint density at radius 1 is 1.27 bits per heavy atom. The highest BCUT2D eigenvalue weighted by Crippen LogP contribution is 2.30. The molecule has 0 unspecified atom stereocenters. The van der Waals surface area contributed by atoms with Gasteiger partial charge < -0.3 is 15.5 Å². The van der Waals surface area contributed by atoms with E-state index in [1.165, 1.54) is 35.9 Å². The van der Waals surface area contributed by atoms with E-state index in [9.17, 15) is 9.59 Å². The molecule has 0 atom stereocenters. The molecule has 2 fully saturated rings. The van der Waals surface area contributed by atoms with Crippen LogP contribution in [-0.2, 0) is 9.59 Å². The van der Waals surface area contributed by atoms with Gasteiger partial charge in [0.15, 0.2) is 4.34 Å². The average molecular weight is 390 g/mol. The highest BCUT2D eigenvalue weighted by molar-refractivity contribution is 8.01. The Labute approximate surface area is 159 Å². The summed E-state index contributed by atoms with van der Waals surface area (Å²) in [6.45, 7) is 0.765. The molecule has 1 saturated heterocycles. The third-order valence-corrected chi connectivity index (χ3v) is 6.16. The molecule has 0 radical (unpaired) electrons.